The zero-order chi connectivity index (χ0) is 14.4. The lowest BCUT2D eigenvalue weighted by Crippen LogP contribution is -2.52. The van der Waals surface area contributed by atoms with E-state index in [0.29, 0.717) is 11.5 Å². The first-order valence-corrected chi connectivity index (χ1v) is 7.00. The third-order valence-electron chi connectivity index (χ3n) is 3.62. The summed E-state index contributed by atoms with van der Waals surface area (Å²) >= 11 is 0. The normalized spacial score (nSPS) is 21.0. The number of halogens is 1. The van der Waals surface area contributed by atoms with Crippen LogP contribution in [-0.4, -0.2) is 37.5 Å². The van der Waals surface area contributed by atoms with Crippen LogP contribution in [-0.2, 0) is 4.79 Å². The van der Waals surface area contributed by atoms with Gasteiger partial charge >= 0.3 is 0 Å². The maximum Gasteiger partial charge on any atom is 0.251 e. The highest BCUT2D eigenvalue weighted by atomic mass is 35.5. The second kappa shape index (κ2) is 8.64. The molecular weight excluding hydrogens is 290 g/mol. The molecule has 1 aromatic rings. The molecule has 2 amide bonds. The van der Waals surface area contributed by atoms with Gasteiger partial charge in [0.15, 0.2) is 0 Å². The highest BCUT2D eigenvalue weighted by molar-refractivity contribution is 5.96. The van der Waals surface area contributed by atoms with Crippen molar-refractivity contribution in [3.05, 3.63) is 35.9 Å². The number of hydrogen-bond donors (Lipinski definition) is 3. The van der Waals surface area contributed by atoms with Gasteiger partial charge in [-0.1, -0.05) is 25.1 Å². The Labute approximate surface area is 131 Å². The lowest BCUT2D eigenvalue weighted by molar-refractivity contribution is -0.121. The molecule has 0 spiro atoms. The van der Waals surface area contributed by atoms with Gasteiger partial charge in [-0.3, -0.25) is 9.59 Å². The predicted octanol–water partition coefficient (Wildman–Crippen LogP) is 0.952. The van der Waals surface area contributed by atoms with E-state index in [2.05, 4.69) is 22.9 Å². The molecule has 2 rings (SSSR count). The Morgan fingerprint density at radius 1 is 1.29 bits per heavy atom. The lowest BCUT2D eigenvalue weighted by atomic mass is 9.95. The smallest absolute Gasteiger partial charge is 0.251 e. The topological polar surface area (TPSA) is 70.2 Å². The van der Waals surface area contributed by atoms with Crippen LogP contribution in [0.3, 0.4) is 0 Å². The molecule has 0 aliphatic carbocycles. The van der Waals surface area contributed by atoms with Crippen molar-refractivity contribution < 1.29 is 9.59 Å². The van der Waals surface area contributed by atoms with Crippen molar-refractivity contribution in [3.63, 3.8) is 0 Å². The number of benzene rings is 1. The molecule has 1 fully saturated rings. The number of hydrogen-bond acceptors (Lipinski definition) is 3. The van der Waals surface area contributed by atoms with E-state index in [-0.39, 0.29) is 36.8 Å². The minimum absolute atomic E-state index is 0. The Hall–Kier alpha value is -1.59. The molecule has 1 saturated heterocycles. The Morgan fingerprint density at radius 3 is 2.67 bits per heavy atom. The van der Waals surface area contributed by atoms with Crippen molar-refractivity contribution in [2.45, 2.75) is 19.4 Å². The molecule has 0 aromatic heterocycles. The molecule has 6 heteroatoms. The third-order valence-corrected chi connectivity index (χ3v) is 3.62. The maximum atomic E-state index is 11.8. The van der Waals surface area contributed by atoms with Gasteiger partial charge in [0.1, 0.15) is 0 Å². The van der Waals surface area contributed by atoms with Crippen molar-refractivity contribution in [1.82, 2.24) is 16.0 Å². The van der Waals surface area contributed by atoms with E-state index in [1.54, 1.807) is 24.3 Å². The number of nitrogens with one attached hydrogen (secondary N) is 3. The van der Waals surface area contributed by atoms with E-state index in [1.165, 1.54) is 0 Å². The summed E-state index contributed by atoms with van der Waals surface area (Å²) in [6.07, 6.45) is 1.06. The largest absolute Gasteiger partial charge is 0.350 e. The second-order valence-corrected chi connectivity index (χ2v) is 5.19. The molecule has 0 saturated carbocycles. The fraction of sp³-hybridized carbons (Fsp3) is 0.467. The van der Waals surface area contributed by atoms with Crippen LogP contribution in [0, 0.1) is 5.92 Å². The zero-order valence-corrected chi connectivity index (χ0v) is 12.9. The van der Waals surface area contributed by atoms with Crippen LogP contribution < -0.4 is 16.0 Å². The zero-order valence-electron chi connectivity index (χ0n) is 12.1. The highest BCUT2D eigenvalue weighted by Gasteiger charge is 2.22. The van der Waals surface area contributed by atoms with Crippen molar-refractivity contribution in [2.75, 3.05) is 19.6 Å². The summed E-state index contributed by atoms with van der Waals surface area (Å²) in [5, 5.41) is 8.85. The number of amides is 2. The van der Waals surface area contributed by atoms with Crippen molar-refractivity contribution in [2.24, 2.45) is 5.92 Å². The summed E-state index contributed by atoms with van der Waals surface area (Å²) in [6.45, 7) is 3.93. The van der Waals surface area contributed by atoms with Crippen LogP contribution in [0.1, 0.15) is 23.7 Å². The van der Waals surface area contributed by atoms with Gasteiger partial charge in [-0.2, -0.15) is 0 Å². The SMILES string of the molecule is CC1CCNCC1NC(=O)CNC(=O)c1ccccc1.Cl. The first-order chi connectivity index (χ1) is 9.66. The van der Waals surface area contributed by atoms with Crippen LogP contribution in [0.4, 0.5) is 0 Å². The fourth-order valence-electron chi connectivity index (χ4n) is 2.29. The van der Waals surface area contributed by atoms with Gasteiger partial charge in [-0.05, 0) is 31.0 Å². The second-order valence-electron chi connectivity index (χ2n) is 5.19. The third kappa shape index (κ3) is 5.36. The van der Waals surface area contributed by atoms with Crippen molar-refractivity contribution in [3.8, 4) is 0 Å². The molecule has 1 aliphatic heterocycles. The highest BCUT2D eigenvalue weighted by Crippen LogP contribution is 2.10. The first-order valence-electron chi connectivity index (χ1n) is 7.00. The summed E-state index contributed by atoms with van der Waals surface area (Å²) in [4.78, 5) is 23.6. The minimum atomic E-state index is -0.226. The Morgan fingerprint density at radius 2 is 2.00 bits per heavy atom. The molecule has 1 aliphatic rings. The van der Waals surface area contributed by atoms with Gasteiger partial charge in [-0.25, -0.2) is 0 Å². The van der Waals surface area contributed by atoms with Gasteiger partial charge in [0.05, 0.1) is 6.54 Å². The van der Waals surface area contributed by atoms with Gasteiger partial charge in [0, 0.05) is 18.2 Å². The molecule has 0 radical (unpaired) electrons. The molecule has 5 nitrogen and oxygen atoms in total. The van der Waals surface area contributed by atoms with E-state index in [1.807, 2.05) is 6.07 Å². The number of rotatable bonds is 4. The van der Waals surface area contributed by atoms with E-state index in [0.717, 1.165) is 19.5 Å². The molecule has 1 heterocycles. The van der Waals surface area contributed by atoms with Gasteiger partial charge in [-0.15, -0.1) is 12.4 Å². The summed E-state index contributed by atoms with van der Waals surface area (Å²) in [7, 11) is 0. The van der Waals surface area contributed by atoms with Crippen LogP contribution in [0.25, 0.3) is 0 Å². The molecule has 0 bridgehead atoms. The Balaban J connectivity index is 0.00000220. The van der Waals surface area contributed by atoms with Gasteiger partial charge in [0.25, 0.3) is 5.91 Å². The lowest BCUT2D eigenvalue weighted by Gasteiger charge is -2.30. The minimum Gasteiger partial charge on any atom is -0.350 e. The summed E-state index contributed by atoms with van der Waals surface area (Å²) in [5.74, 6) is 0.0930. The summed E-state index contributed by atoms with van der Waals surface area (Å²) in [5.41, 5.74) is 0.563. The van der Waals surface area contributed by atoms with Crippen LogP contribution in [0.2, 0.25) is 0 Å². The number of piperidine rings is 1. The van der Waals surface area contributed by atoms with E-state index in [9.17, 15) is 9.59 Å². The quantitative estimate of drug-likeness (QED) is 0.775. The Bertz CT molecular complexity index is 467. The molecular formula is C15H22ClN3O2. The standard InChI is InChI=1S/C15H21N3O2.ClH/c1-11-7-8-16-9-13(11)18-14(19)10-17-15(20)12-5-3-2-4-6-12;/h2-6,11,13,16H,7-10H2,1H3,(H,17,20)(H,18,19);1H. The number of carbonyl (C=O) groups excluding carboxylic acids is 2. The molecule has 2 unspecified atom stereocenters. The monoisotopic (exact) mass is 311 g/mol. The predicted molar refractivity (Wildman–Crippen MR) is 84.6 cm³/mol. The molecule has 21 heavy (non-hydrogen) atoms. The van der Waals surface area contributed by atoms with E-state index >= 15 is 0 Å². The first kappa shape index (κ1) is 17.5. The van der Waals surface area contributed by atoms with Crippen LogP contribution in [0.15, 0.2) is 30.3 Å². The Kier molecular flexibility index (Phi) is 7.19. The van der Waals surface area contributed by atoms with E-state index in [4.69, 9.17) is 0 Å². The summed E-state index contributed by atoms with van der Waals surface area (Å²) in [6, 6.07) is 9.03. The molecule has 116 valence electrons. The summed E-state index contributed by atoms with van der Waals surface area (Å²) < 4.78 is 0. The van der Waals surface area contributed by atoms with Gasteiger partial charge < -0.3 is 16.0 Å². The average molecular weight is 312 g/mol. The number of carbonyl (C=O) groups is 2. The van der Waals surface area contributed by atoms with E-state index < -0.39 is 0 Å². The average Bonchev–Trinajstić information content (AvgIpc) is 2.48. The molecule has 1 aromatic carbocycles. The van der Waals surface area contributed by atoms with Crippen molar-refractivity contribution in [1.29, 1.82) is 0 Å². The fourth-order valence-corrected chi connectivity index (χ4v) is 2.29. The maximum absolute atomic E-state index is 11.8. The van der Waals surface area contributed by atoms with Crippen molar-refractivity contribution >= 4 is 24.2 Å². The van der Waals surface area contributed by atoms with Gasteiger partial charge in [0.2, 0.25) is 5.91 Å². The van der Waals surface area contributed by atoms with Crippen LogP contribution in [0.5, 0.6) is 0 Å². The molecule has 2 atom stereocenters. The molecule has 3 N–H and O–H groups in total. The van der Waals surface area contributed by atoms with Crippen LogP contribution >= 0.6 is 12.4 Å².